The molecule has 0 heterocycles. The Morgan fingerprint density at radius 2 is 1.93 bits per heavy atom. The first-order valence-electron chi connectivity index (χ1n) is 4.89. The maximum atomic E-state index is 11.2. The number of carbonyl (C=O) groups excluding carboxylic acids is 1. The van der Waals surface area contributed by atoms with Crippen molar-refractivity contribution in [1.82, 2.24) is 5.32 Å². The monoisotopic (exact) mass is 217 g/mol. The van der Waals surface area contributed by atoms with E-state index >= 15 is 0 Å². The van der Waals surface area contributed by atoms with Crippen LogP contribution in [0, 0.1) is 5.92 Å². The largest absolute Gasteiger partial charge is 0.481 e. The summed E-state index contributed by atoms with van der Waals surface area (Å²) in [7, 11) is 0. The summed E-state index contributed by atoms with van der Waals surface area (Å²) in [4.78, 5) is 21.5. The molecule has 5 heteroatoms. The van der Waals surface area contributed by atoms with Crippen LogP contribution in [-0.2, 0) is 9.53 Å². The van der Waals surface area contributed by atoms with Crippen molar-refractivity contribution in [2.45, 2.75) is 39.7 Å². The Bertz CT molecular complexity index is 232. The van der Waals surface area contributed by atoms with E-state index in [0.717, 1.165) is 0 Å². The average Bonchev–Trinajstić information content (AvgIpc) is 1.96. The fraction of sp³-hybridized carbons (Fsp3) is 0.800. The minimum Gasteiger partial charge on any atom is -0.481 e. The molecule has 0 aliphatic carbocycles. The molecular formula is C10H19NO4. The number of carbonyl (C=O) groups is 2. The smallest absolute Gasteiger partial charge is 0.407 e. The highest BCUT2D eigenvalue weighted by Gasteiger charge is 2.16. The lowest BCUT2D eigenvalue weighted by molar-refractivity contribution is -0.137. The highest BCUT2D eigenvalue weighted by atomic mass is 16.6. The Kier molecular flexibility index (Phi) is 5.11. The molecule has 0 aromatic carbocycles. The molecule has 2 N–H and O–H groups in total. The zero-order valence-corrected chi connectivity index (χ0v) is 9.66. The maximum Gasteiger partial charge on any atom is 0.407 e. The first-order valence-corrected chi connectivity index (χ1v) is 4.89. The first-order chi connectivity index (χ1) is 6.70. The lowest BCUT2D eigenvalue weighted by Gasteiger charge is -2.20. The Balaban J connectivity index is 3.76. The Morgan fingerprint density at radius 1 is 1.40 bits per heavy atom. The van der Waals surface area contributed by atoms with Crippen molar-refractivity contribution in [2.24, 2.45) is 5.92 Å². The molecule has 88 valence electrons. The predicted molar refractivity (Wildman–Crippen MR) is 55.7 cm³/mol. The lowest BCUT2D eigenvalue weighted by atomic mass is 10.1. The second-order valence-corrected chi connectivity index (χ2v) is 4.59. The molecule has 5 nitrogen and oxygen atoms in total. The summed E-state index contributed by atoms with van der Waals surface area (Å²) in [5, 5.41) is 11.0. The molecule has 15 heavy (non-hydrogen) atoms. The van der Waals surface area contributed by atoms with E-state index in [2.05, 4.69) is 5.32 Å². The molecule has 0 saturated carbocycles. The average molecular weight is 217 g/mol. The molecule has 1 atom stereocenters. The Hall–Kier alpha value is -1.26. The van der Waals surface area contributed by atoms with Crippen molar-refractivity contribution in [3.63, 3.8) is 0 Å². The molecule has 0 aliphatic rings. The standard InChI is InChI=1S/C10H19NO4/c1-7(5-8(12)13)6-11-9(14)15-10(2,3)4/h7H,5-6H2,1-4H3,(H,11,14)(H,12,13)/t7-/m0/s1. The van der Waals surface area contributed by atoms with Crippen LogP contribution >= 0.6 is 0 Å². The van der Waals surface area contributed by atoms with Crippen molar-refractivity contribution in [1.29, 1.82) is 0 Å². The Labute approximate surface area is 89.8 Å². The number of carboxylic acids is 1. The zero-order chi connectivity index (χ0) is 12.1. The van der Waals surface area contributed by atoms with E-state index < -0.39 is 17.7 Å². The van der Waals surface area contributed by atoms with Gasteiger partial charge in [0.2, 0.25) is 0 Å². The summed E-state index contributed by atoms with van der Waals surface area (Å²) in [6.45, 7) is 7.38. The summed E-state index contributed by atoms with van der Waals surface area (Å²) in [5.41, 5.74) is -0.528. The van der Waals surface area contributed by atoms with Crippen LogP contribution in [0.1, 0.15) is 34.1 Å². The molecule has 0 bridgehead atoms. The summed E-state index contributed by atoms with van der Waals surface area (Å²) in [5.74, 6) is -0.969. The lowest BCUT2D eigenvalue weighted by Crippen LogP contribution is -2.35. The molecule has 0 fully saturated rings. The van der Waals surface area contributed by atoms with E-state index in [9.17, 15) is 9.59 Å². The summed E-state index contributed by atoms with van der Waals surface area (Å²) in [6.07, 6.45) is -0.477. The number of amides is 1. The fourth-order valence-electron chi connectivity index (χ4n) is 0.942. The van der Waals surface area contributed by atoms with Crippen LogP contribution in [-0.4, -0.2) is 29.3 Å². The van der Waals surface area contributed by atoms with Crippen molar-refractivity contribution < 1.29 is 19.4 Å². The molecular weight excluding hydrogens is 198 g/mol. The van der Waals surface area contributed by atoms with Gasteiger partial charge in [-0.1, -0.05) is 6.92 Å². The van der Waals surface area contributed by atoms with Crippen LogP contribution in [0.4, 0.5) is 4.79 Å². The second kappa shape index (κ2) is 5.58. The molecule has 1 amide bonds. The molecule has 0 unspecified atom stereocenters. The van der Waals surface area contributed by atoms with Crippen LogP contribution in [0.25, 0.3) is 0 Å². The minimum absolute atomic E-state index is 0.0375. The first kappa shape index (κ1) is 13.7. The van der Waals surface area contributed by atoms with Crippen LogP contribution in [0.3, 0.4) is 0 Å². The highest BCUT2D eigenvalue weighted by Crippen LogP contribution is 2.07. The van der Waals surface area contributed by atoms with Crippen molar-refractivity contribution in [2.75, 3.05) is 6.54 Å². The molecule has 0 aromatic heterocycles. The third kappa shape index (κ3) is 9.05. The molecule has 0 aliphatic heterocycles. The third-order valence-corrected chi connectivity index (χ3v) is 1.52. The third-order valence-electron chi connectivity index (χ3n) is 1.52. The Morgan fingerprint density at radius 3 is 2.33 bits per heavy atom. The van der Waals surface area contributed by atoms with Gasteiger partial charge in [-0.25, -0.2) is 4.79 Å². The number of aliphatic carboxylic acids is 1. The van der Waals surface area contributed by atoms with Crippen LogP contribution in [0.5, 0.6) is 0 Å². The molecule has 0 spiro atoms. The van der Waals surface area contributed by atoms with Crippen molar-refractivity contribution >= 4 is 12.1 Å². The number of hydrogen-bond acceptors (Lipinski definition) is 3. The predicted octanol–water partition coefficient (Wildman–Crippen LogP) is 1.62. The van der Waals surface area contributed by atoms with Gasteiger partial charge >= 0.3 is 12.1 Å². The highest BCUT2D eigenvalue weighted by molar-refractivity contribution is 5.68. The van der Waals surface area contributed by atoms with Gasteiger partial charge in [-0.05, 0) is 26.7 Å². The normalized spacial score (nSPS) is 13.1. The van der Waals surface area contributed by atoms with Crippen molar-refractivity contribution in [3.8, 4) is 0 Å². The van der Waals surface area contributed by atoms with Crippen LogP contribution in [0.2, 0.25) is 0 Å². The number of carboxylic acid groups (broad SMARTS) is 1. The molecule has 0 aromatic rings. The SMILES string of the molecule is C[C@H](CNC(=O)OC(C)(C)C)CC(=O)O. The van der Waals surface area contributed by atoms with E-state index in [4.69, 9.17) is 9.84 Å². The van der Waals surface area contributed by atoms with Gasteiger partial charge in [0, 0.05) is 13.0 Å². The van der Waals surface area contributed by atoms with Gasteiger partial charge in [0.05, 0.1) is 0 Å². The number of alkyl carbamates (subject to hydrolysis) is 1. The van der Waals surface area contributed by atoms with Gasteiger partial charge in [0.1, 0.15) is 5.60 Å². The van der Waals surface area contributed by atoms with Crippen LogP contribution in [0.15, 0.2) is 0 Å². The van der Waals surface area contributed by atoms with E-state index in [1.54, 1.807) is 27.7 Å². The van der Waals surface area contributed by atoms with E-state index in [1.165, 1.54) is 0 Å². The number of nitrogens with one attached hydrogen (secondary N) is 1. The fourth-order valence-corrected chi connectivity index (χ4v) is 0.942. The van der Waals surface area contributed by atoms with Gasteiger partial charge in [-0.2, -0.15) is 0 Å². The van der Waals surface area contributed by atoms with E-state index in [1.807, 2.05) is 0 Å². The van der Waals surface area contributed by atoms with Crippen molar-refractivity contribution in [3.05, 3.63) is 0 Å². The zero-order valence-electron chi connectivity index (χ0n) is 9.66. The number of hydrogen-bond donors (Lipinski definition) is 2. The topological polar surface area (TPSA) is 75.6 Å². The summed E-state index contributed by atoms with van der Waals surface area (Å²) >= 11 is 0. The minimum atomic E-state index is -0.867. The van der Waals surface area contributed by atoms with E-state index in [0.29, 0.717) is 6.54 Å². The molecule has 0 radical (unpaired) electrons. The van der Waals surface area contributed by atoms with Gasteiger partial charge < -0.3 is 15.2 Å². The van der Waals surface area contributed by atoms with Gasteiger partial charge in [0.25, 0.3) is 0 Å². The molecule has 0 saturated heterocycles. The van der Waals surface area contributed by atoms with Crippen LogP contribution < -0.4 is 5.32 Å². The summed E-state index contributed by atoms with van der Waals surface area (Å²) < 4.78 is 5.00. The molecule has 0 rings (SSSR count). The second-order valence-electron chi connectivity index (χ2n) is 4.59. The van der Waals surface area contributed by atoms with Gasteiger partial charge in [-0.3, -0.25) is 4.79 Å². The summed E-state index contributed by atoms with van der Waals surface area (Å²) in [6, 6.07) is 0. The quantitative estimate of drug-likeness (QED) is 0.750. The van der Waals surface area contributed by atoms with Gasteiger partial charge in [-0.15, -0.1) is 0 Å². The maximum absolute atomic E-state index is 11.2. The van der Waals surface area contributed by atoms with Gasteiger partial charge in [0.15, 0.2) is 0 Å². The number of rotatable bonds is 4. The number of ether oxygens (including phenoxy) is 1. The van der Waals surface area contributed by atoms with E-state index in [-0.39, 0.29) is 12.3 Å².